The second kappa shape index (κ2) is 5.73. The van der Waals surface area contributed by atoms with Crippen LogP contribution in [0.1, 0.15) is 5.56 Å². The quantitative estimate of drug-likeness (QED) is 0.882. The third-order valence-electron chi connectivity index (χ3n) is 3.33. The Morgan fingerprint density at radius 3 is 3.20 bits per heavy atom. The molecule has 104 valence electrons. The molecule has 1 aliphatic heterocycles. The predicted molar refractivity (Wildman–Crippen MR) is 82.3 cm³/mol. The zero-order chi connectivity index (χ0) is 13.9. The van der Waals surface area contributed by atoms with Crippen LogP contribution in [0.3, 0.4) is 0 Å². The van der Waals surface area contributed by atoms with E-state index in [4.69, 9.17) is 4.74 Å². The summed E-state index contributed by atoms with van der Waals surface area (Å²) in [4.78, 5) is 17.9. The maximum absolute atomic E-state index is 11.3. The van der Waals surface area contributed by atoms with Gasteiger partial charge in [-0.15, -0.1) is 11.8 Å². The summed E-state index contributed by atoms with van der Waals surface area (Å²) in [5.74, 6) is 0.655. The van der Waals surface area contributed by atoms with Gasteiger partial charge in [0.05, 0.1) is 13.7 Å². The van der Waals surface area contributed by atoms with E-state index in [9.17, 15) is 4.79 Å². The first-order valence-electron chi connectivity index (χ1n) is 6.45. The first kappa shape index (κ1) is 13.3. The summed E-state index contributed by atoms with van der Waals surface area (Å²) in [5.41, 5.74) is 2.34. The van der Waals surface area contributed by atoms with Crippen molar-refractivity contribution in [2.24, 2.45) is 0 Å². The zero-order valence-corrected chi connectivity index (χ0v) is 12.1. The molecule has 1 N–H and O–H groups in total. The van der Waals surface area contributed by atoms with Gasteiger partial charge in [0.25, 0.3) is 0 Å². The van der Waals surface area contributed by atoms with Gasteiger partial charge in [-0.05, 0) is 12.1 Å². The van der Waals surface area contributed by atoms with Crippen molar-refractivity contribution in [3.05, 3.63) is 40.9 Å². The molecule has 0 aliphatic carbocycles. The number of nitrogens with one attached hydrogen (secondary N) is 1. The number of hydrogen-bond acceptors (Lipinski definition) is 4. The minimum atomic E-state index is -0.182. The molecule has 4 nitrogen and oxygen atoms in total. The molecule has 2 heterocycles. The molecule has 1 aromatic heterocycles. The lowest BCUT2D eigenvalue weighted by molar-refractivity contribution is -0.141. The molecule has 1 fully saturated rings. The Balaban J connectivity index is 1.75. The van der Waals surface area contributed by atoms with E-state index in [-0.39, 0.29) is 5.97 Å². The van der Waals surface area contributed by atoms with E-state index in [1.807, 2.05) is 18.3 Å². The van der Waals surface area contributed by atoms with Gasteiger partial charge in [-0.2, -0.15) is 0 Å². The SMILES string of the molecule is COC(=O)CN1CSC(=Cc2c[nH]c3ccccc23)C1. The maximum Gasteiger partial charge on any atom is 0.319 e. The third-order valence-corrected chi connectivity index (χ3v) is 4.44. The number of nitrogens with zero attached hydrogens (tertiary/aromatic N) is 1. The number of carbonyl (C=O) groups is 1. The number of fused-ring (bicyclic) bond motifs is 1. The van der Waals surface area contributed by atoms with Gasteiger partial charge in [0.15, 0.2) is 0 Å². The van der Waals surface area contributed by atoms with Gasteiger partial charge in [0.1, 0.15) is 0 Å². The largest absolute Gasteiger partial charge is 0.468 e. The molecule has 3 rings (SSSR count). The fourth-order valence-electron chi connectivity index (χ4n) is 2.31. The number of aromatic amines is 1. The molecule has 1 saturated heterocycles. The van der Waals surface area contributed by atoms with Crippen LogP contribution in [0, 0.1) is 0 Å². The fraction of sp³-hybridized carbons (Fsp3) is 0.267. The maximum atomic E-state index is 11.3. The molecule has 0 unspecified atom stereocenters. The van der Waals surface area contributed by atoms with Gasteiger partial charge in [-0.25, -0.2) is 0 Å². The molecule has 2 aromatic rings. The van der Waals surface area contributed by atoms with Crippen molar-refractivity contribution < 1.29 is 9.53 Å². The molecule has 0 amide bonds. The molecular weight excluding hydrogens is 272 g/mol. The average molecular weight is 288 g/mol. The van der Waals surface area contributed by atoms with Crippen molar-refractivity contribution in [3.63, 3.8) is 0 Å². The molecule has 1 aliphatic rings. The first-order chi connectivity index (χ1) is 9.76. The predicted octanol–water partition coefficient (Wildman–Crippen LogP) is 2.69. The second-order valence-corrected chi connectivity index (χ2v) is 5.81. The van der Waals surface area contributed by atoms with Crippen LogP contribution in [0.25, 0.3) is 17.0 Å². The Kier molecular flexibility index (Phi) is 3.80. The lowest BCUT2D eigenvalue weighted by Gasteiger charge is -2.10. The van der Waals surface area contributed by atoms with Gasteiger partial charge >= 0.3 is 5.97 Å². The van der Waals surface area contributed by atoms with Crippen LogP contribution in [0.15, 0.2) is 35.4 Å². The summed E-state index contributed by atoms with van der Waals surface area (Å²) >= 11 is 1.78. The summed E-state index contributed by atoms with van der Waals surface area (Å²) < 4.78 is 4.70. The highest BCUT2D eigenvalue weighted by atomic mass is 32.2. The van der Waals surface area contributed by atoms with Gasteiger partial charge in [0.2, 0.25) is 0 Å². The summed E-state index contributed by atoms with van der Waals surface area (Å²) in [7, 11) is 1.42. The number of thioether (sulfide) groups is 1. The Bertz CT molecular complexity index is 663. The molecular formula is C15H16N2O2S. The van der Waals surface area contributed by atoms with Crippen molar-refractivity contribution in [3.8, 4) is 0 Å². The van der Waals surface area contributed by atoms with Crippen molar-refractivity contribution in [1.82, 2.24) is 9.88 Å². The van der Waals surface area contributed by atoms with E-state index in [1.54, 1.807) is 11.8 Å². The highest BCUT2D eigenvalue weighted by Gasteiger charge is 2.20. The monoisotopic (exact) mass is 288 g/mol. The van der Waals surface area contributed by atoms with Gasteiger partial charge in [0, 0.05) is 40.0 Å². The van der Waals surface area contributed by atoms with E-state index < -0.39 is 0 Å². The lowest BCUT2D eigenvalue weighted by atomic mass is 10.1. The lowest BCUT2D eigenvalue weighted by Crippen LogP contribution is -2.27. The van der Waals surface area contributed by atoms with Crippen LogP contribution >= 0.6 is 11.8 Å². The van der Waals surface area contributed by atoms with Crippen molar-refractivity contribution in [1.29, 1.82) is 0 Å². The third kappa shape index (κ3) is 2.73. The number of carbonyl (C=O) groups excluding carboxylic acids is 1. The molecule has 0 radical (unpaired) electrons. The Hall–Kier alpha value is -1.72. The van der Waals surface area contributed by atoms with Crippen molar-refractivity contribution in [2.45, 2.75) is 0 Å². The topological polar surface area (TPSA) is 45.3 Å². The number of H-pyrrole nitrogens is 1. The van der Waals surface area contributed by atoms with Crippen LogP contribution < -0.4 is 0 Å². The number of methoxy groups -OCH3 is 1. The molecule has 0 saturated carbocycles. The second-order valence-electron chi connectivity index (χ2n) is 4.74. The minimum absolute atomic E-state index is 0.182. The van der Waals surface area contributed by atoms with E-state index in [0.717, 1.165) is 17.9 Å². The van der Waals surface area contributed by atoms with Crippen LogP contribution in [0.4, 0.5) is 0 Å². The molecule has 0 atom stereocenters. The van der Waals surface area contributed by atoms with Crippen LogP contribution in [0.2, 0.25) is 0 Å². The summed E-state index contributed by atoms with van der Waals surface area (Å²) in [6.07, 6.45) is 4.22. The number of rotatable bonds is 3. The van der Waals surface area contributed by atoms with Crippen LogP contribution in [-0.2, 0) is 9.53 Å². The first-order valence-corrected chi connectivity index (χ1v) is 7.43. The molecule has 0 spiro atoms. The Morgan fingerprint density at radius 2 is 2.35 bits per heavy atom. The molecule has 1 aromatic carbocycles. The van der Waals surface area contributed by atoms with Crippen molar-refractivity contribution in [2.75, 3.05) is 26.1 Å². The smallest absolute Gasteiger partial charge is 0.319 e. The summed E-state index contributed by atoms with van der Waals surface area (Å²) in [6.45, 7) is 1.16. The average Bonchev–Trinajstić information content (AvgIpc) is 3.07. The Morgan fingerprint density at radius 1 is 1.50 bits per heavy atom. The van der Waals surface area contributed by atoms with Gasteiger partial charge in [-0.3, -0.25) is 9.69 Å². The number of benzene rings is 1. The number of ether oxygens (including phenoxy) is 1. The van der Waals surface area contributed by atoms with E-state index in [0.29, 0.717) is 6.54 Å². The number of aromatic nitrogens is 1. The van der Waals surface area contributed by atoms with Crippen molar-refractivity contribution >= 4 is 34.7 Å². The summed E-state index contributed by atoms with van der Waals surface area (Å²) in [5, 5.41) is 1.23. The minimum Gasteiger partial charge on any atom is -0.468 e. The Labute approximate surface area is 121 Å². The fourth-order valence-corrected chi connectivity index (χ4v) is 3.32. The van der Waals surface area contributed by atoms with E-state index >= 15 is 0 Å². The molecule has 20 heavy (non-hydrogen) atoms. The standard InChI is InChI=1S/C15H16N2O2S/c1-19-15(18)9-17-8-12(20-10-17)6-11-7-16-14-5-3-2-4-13(11)14/h2-7,16H,8-10H2,1H3. The molecule has 5 heteroatoms. The highest BCUT2D eigenvalue weighted by Crippen LogP contribution is 2.30. The van der Waals surface area contributed by atoms with E-state index in [1.165, 1.54) is 23.0 Å². The zero-order valence-electron chi connectivity index (χ0n) is 11.3. The number of para-hydroxylation sites is 1. The van der Waals surface area contributed by atoms with Gasteiger partial charge in [-0.1, -0.05) is 18.2 Å². The normalized spacial score (nSPS) is 17.9. The summed E-state index contributed by atoms with van der Waals surface area (Å²) in [6, 6.07) is 8.26. The highest BCUT2D eigenvalue weighted by molar-refractivity contribution is 8.03. The number of esters is 1. The van der Waals surface area contributed by atoms with E-state index in [2.05, 4.69) is 28.1 Å². The van der Waals surface area contributed by atoms with Crippen LogP contribution in [-0.4, -0.2) is 41.9 Å². The van der Waals surface area contributed by atoms with Gasteiger partial charge < -0.3 is 9.72 Å². The number of hydrogen-bond donors (Lipinski definition) is 1. The van der Waals surface area contributed by atoms with Crippen LogP contribution in [0.5, 0.6) is 0 Å². The molecule has 0 bridgehead atoms.